The quantitative estimate of drug-likeness (QED) is 0.853. The molecule has 1 aliphatic carbocycles. The Morgan fingerprint density at radius 3 is 2.56 bits per heavy atom. The highest BCUT2D eigenvalue weighted by Gasteiger charge is 2.27. The highest BCUT2D eigenvalue weighted by molar-refractivity contribution is 5.19. The van der Waals surface area contributed by atoms with E-state index in [0.29, 0.717) is 17.9 Å². The van der Waals surface area contributed by atoms with E-state index in [1.54, 1.807) is 12.1 Å². The highest BCUT2D eigenvalue weighted by Crippen LogP contribution is 2.32. The first-order valence-corrected chi connectivity index (χ1v) is 7.03. The van der Waals surface area contributed by atoms with E-state index in [9.17, 15) is 9.50 Å². The van der Waals surface area contributed by atoms with Crippen molar-refractivity contribution < 1.29 is 9.50 Å². The van der Waals surface area contributed by atoms with Gasteiger partial charge in [0.05, 0.1) is 5.60 Å². The summed E-state index contributed by atoms with van der Waals surface area (Å²) in [6.07, 6.45) is 7.52. The first kappa shape index (κ1) is 13.5. The van der Waals surface area contributed by atoms with E-state index in [1.165, 1.54) is 38.2 Å². The fourth-order valence-corrected chi connectivity index (χ4v) is 3.14. The summed E-state index contributed by atoms with van der Waals surface area (Å²) in [4.78, 5) is 0. The van der Waals surface area contributed by atoms with Crippen molar-refractivity contribution in [2.75, 3.05) is 0 Å². The summed E-state index contributed by atoms with van der Waals surface area (Å²) in [5.74, 6) is 0.405. The van der Waals surface area contributed by atoms with Crippen molar-refractivity contribution >= 4 is 0 Å². The van der Waals surface area contributed by atoms with Crippen molar-refractivity contribution in [2.24, 2.45) is 5.92 Å². The van der Waals surface area contributed by atoms with Gasteiger partial charge in [0, 0.05) is 6.42 Å². The molecular weight excluding hydrogens is 227 g/mol. The topological polar surface area (TPSA) is 20.2 Å². The van der Waals surface area contributed by atoms with Gasteiger partial charge in [-0.2, -0.15) is 0 Å². The Kier molecular flexibility index (Phi) is 4.39. The van der Waals surface area contributed by atoms with Crippen molar-refractivity contribution in [2.45, 2.75) is 57.5 Å². The van der Waals surface area contributed by atoms with E-state index in [-0.39, 0.29) is 5.82 Å². The molecule has 1 nitrogen and oxygen atoms in total. The van der Waals surface area contributed by atoms with Crippen LogP contribution in [0.4, 0.5) is 4.39 Å². The summed E-state index contributed by atoms with van der Waals surface area (Å²) in [6.45, 7) is 1.84. The molecule has 1 N–H and O–H groups in total. The number of halogens is 1. The molecule has 1 saturated carbocycles. The predicted molar refractivity (Wildman–Crippen MR) is 71.9 cm³/mol. The van der Waals surface area contributed by atoms with Gasteiger partial charge in [-0.1, -0.05) is 50.3 Å². The lowest BCUT2D eigenvalue weighted by molar-refractivity contribution is 0.0272. The van der Waals surface area contributed by atoms with Gasteiger partial charge in [0.1, 0.15) is 5.82 Å². The molecule has 1 aromatic rings. The molecule has 0 heterocycles. The molecule has 1 fully saturated rings. The zero-order chi connectivity index (χ0) is 13.0. The van der Waals surface area contributed by atoms with Gasteiger partial charge >= 0.3 is 0 Å². The number of hydrogen-bond donors (Lipinski definition) is 1. The Morgan fingerprint density at radius 1 is 1.22 bits per heavy atom. The molecule has 0 aliphatic heterocycles. The molecule has 1 aromatic carbocycles. The molecule has 0 saturated heterocycles. The first-order valence-electron chi connectivity index (χ1n) is 7.03. The van der Waals surface area contributed by atoms with Crippen LogP contribution >= 0.6 is 0 Å². The summed E-state index contributed by atoms with van der Waals surface area (Å²) in [7, 11) is 0. The molecule has 2 rings (SSSR count). The molecular formula is C16H23FO. The second kappa shape index (κ2) is 5.83. The summed E-state index contributed by atoms with van der Waals surface area (Å²) < 4.78 is 13.6. The third kappa shape index (κ3) is 3.81. The van der Waals surface area contributed by atoms with Crippen molar-refractivity contribution in [1.82, 2.24) is 0 Å². The standard InChI is InChI=1S/C16H23FO/c1-16(18,11-13-7-3-2-4-8-13)12-14-9-5-6-10-15(14)17/h5-6,9-10,13,18H,2-4,7-8,11-12H2,1H3. The smallest absolute Gasteiger partial charge is 0.126 e. The Morgan fingerprint density at radius 2 is 1.89 bits per heavy atom. The second-order valence-electron chi connectivity index (χ2n) is 5.97. The first-order chi connectivity index (χ1) is 8.57. The molecule has 1 aliphatic rings. The number of hydrogen-bond acceptors (Lipinski definition) is 1. The van der Waals surface area contributed by atoms with E-state index < -0.39 is 5.60 Å². The van der Waals surface area contributed by atoms with E-state index in [2.05, 4.69) is 0 Å². The number of aliphatic hydroxyl groups is 1. The third-order valence-electron chi connectivity index (χ3n) is 3.98. The van der Waals surface area contributed by atoms with Crippen LogP contribution in [0.15, 0.2) is 24.3 Å². The maximum absolute atomic E-state index is 13.6. The lowest BCUT2D eigenvalue weighted by Gasteiger charge is -2.31. The minimum atomic E-state index is -0.788. The van der Waals surface area contributed by atoms with Crippen LogP contribution in [0.5, 0.6) is 0 Å². The molecule has 1 unspecified atom stereocenters. The molecule has 1 atom stereocenters. The van der Waals surface area contributed by atoms with E-state index >= 15 is 0 Å². The molecule has 0 amide bonds. The van der Waals surface area contributed by atoms with E-state index in [1.807, 2.05) is 13.0 Å². The minimum absolute atomic E-state index is 0.207. The summed E-state index contributed by atoms with van der Waals surface area (Å²) in [5, 5.41) is 10.5. The Balaban J connectivity index is 1.96. The fraction of sp³-hybridized carbons (Fsp3) is 0.625. The third-order valence-corrected chi connectivity index (χ3v) is 3.98. The van der Waals surface area contributed by atoms with Crippen molar-refractivity contribution in [3.63, 3.8) is 0 Å². The molecule has 100 valence electrons. The van der Waals surface area contributed by atoms with Crippen LogP contribution < -0.4 is 0 Å². The lowest BCUT2D eigenvalue weighted by Crippen LogP contribution is -2.31. The van der Waals surface area contributed by atoms with Crippen LogP contribution in [0.2, 0.25) is 0 Å². The normalized spacial score (nSPS) is 20.6. The molecule has 0 radical (unpaired) electrons. The van der Waals surface area contributed by atoms with Crippen LogP contribution in [0.1, 0.15) is 51.0 Å². The monoisotopic (exact) mass is 250 g/mol. The van der Waals surface area contributed by atoms with Crippen molar-refractivity contribution in [3.05, 3.63) is 35.6 Å². The van der Waals surface area contributed by atoms with E-state index in [4.69, 9.17) is 0 Å². The molecule has 0 aromatic heterocycles. The summed E-state index contributed by atoms with van der Waals surface area (Å²) in [6, 6.07) is 6.75. The van der Waals surface area contributed by atoms with Crippen LogP contribution in [0, 0.1) is 11.7 Å². The van der Waals surface area contributed by atoms with Crippen molar-refractivity contribution in [3.8, 4) is 0 Å². The van der Waals surface area contributed by atoms with Gasteiger partial charge in [0.2, 0.25) is 0 Å². The maximum atomic E-state index is 13.6. The average molecular weight is 250 g/mol. The van der Waals surface area contributed by atoms with Crippen LogP contribution in [-0.2, 0) is 6.42 Å². The van der Waals surface area contributed by atoms with Gasteiger partial charge in [0.15, 0.2) is 0 Å². The summed E-state index contributed by atoms with van der Waals surface area (Å²) >= 11 is 0. The lowest BCUT2D eigenvalue weighted by atomic mass is 9.79. The van der Waals surface area contributed by atoms with Gasteiger partial charge < -0.3 is 5.11 Å². The predicted octanol–water partition coefficient (Wildman–Crippen LogP) is 4.09. The highest BCUT2D eigenvalue weighted by atomic mass is 19.1. The Labute approximate surface area is 109 Å². The SMILES string of the molecule is CC(O)(Cc1ccccc1F)CC1CCCCC1. The minimum Gasteiger partial charge on any atom is -0.390 e. The molecule has 0 spiro atoms. The van der Waals surface area contributed by atoms with Gasteiger partial charge in [0.25, 0.3) is 0 Å². The average Bonchev–Trinajstić information content (AvgIpc) is 2.32. The fourth-order valence-electron chi connectivity index (χ4n) is 3.14. The van der Waals surface area contributed by atoms with Gasteiger partial charge in [-0.3, -0.25) is 0 Å². The van der Waals surface area contributed by atoms with Crippen LogP contribution in [0.3, 0.4) is 0 Å². The zero-order valence-electron chi connectivity index (χ0n) is 11.2. The molecule has 0 bridgehead atoms. The number of benzene rings is 1. The second-order valence-corrected chi connectivity index (χ2v) is 5.97. The summed E-state index contributed by atoms with van der Waals surface area (Å²) in [5.41, 5.74) is -0.164. The largest absolute Gasteiger partial charge is 0.390 e. The van der Waals surface area contributed by atoms with Gasteiger partial charge in [-0.05, 0) is 30.9 Å². The van der Waals surface area contributed by atoms with Crippen molar-refractivity contribution in [1.29, 1.82) is 0 Å². The van der Waals surface area contributed by atoms with Crippen LogP contribution in [-0.4, -0.2) is 10.7 Å². The molecule has 2 heteroatoms. The number of rotatable bonds is 4. The van der Waals surface area contributed by atoms with Gasteiger partial charge in [-0.25, -0.2) is 4.39 Å². The van der Waals surface area contributed by atoms with Gasteiger partial charge in [-0.15, -0.1) is 0 Å². The zero-order valence-corrected chi connectivity index (χ0v) is 11.2. The Hall–Kier alpha value is -0.890. The van der Waals surface area contributed by atoms with Crippen LogP contribution in [0.25, 0.3) is 0 Å². The molecule has 18 heavy (non-hydrogen) atoms. The Bertz CT molecular complexity index is 380. The van der Waals surface area contributed by atoms with E-state index in [0.717, 1.165) is 6.42 Å². The maximum Gasteiger partial charge on any atom is 0.126 e.